The SMILES string of the molecule is CCC(NC(=O)/C=C/c1cccc(OC(C)C)c1)C(=O)OC. The number of carbonyl (C=O) groups is 2. The zero-order chi connectivity index (χ0) is 16.5. The normalized spacial score (nSPS) is 12.2. The van der Waals surface area contributed by atoms with Crippen LogP contribution in [0, 0.1) is 0 Å². The number of nitrogens with one attached hydrogen (secondary N) is 1. The summed E-state index contributed by atoms with van der Waals surface area (Å²) in [6.07, 6.45) is 3.63. The number of hydrogen-bond acceptors (Lipinski definition) is 4. The number of rotatable bonds is 7. The van der Waals surface area contributed by atoms with Crippen molar-refractivity contribution in [2.45, 2.75) is 39.3 Å². The number of methoxy groups -OCH3 is 1. The highest BCUT2D eigenvalue weighted by atomic mass is 16.5. The van der Waals surface area contributed by atoms with Crippen molar-refractivity contribution in [2.75, 3.05) is 7.11 Å². The Kier molecular flexibility index (Phi) is 7.16. The molecule has 0 saturated heterocycles. The van der Waals surface area contributed by atoms with Gasteiger partial charge in [0.1, 0.15) is 11.8 Å². The molecule has 0 bridgehead atoms. The highest BCUT2D eigenvalue weighted by Gasteiger charge is 2.17. The molecule has 1 aromatic rings. The minimum atomic E-state index is -0.627. The van der Waals surface area contributed by atoms with Gasteiger partial charge in [-0.25, -0.2) is 4.79 Å². The van der Waals surface area contributed by atoms with Gasteiger partial charge in [0.15, 0.2) is 0 Å². The lowest BCUT2D eigenvalue weighted by molar-refractivity contribution is -0.144. The molecule has 1 atom stereocenters. The first-order valence-corrected chi connectivity index (χ1v) is 7.29. The lowest BCUT2D eigenvalue weighted by Gasteiger charge is -2.12. The Morgan fingerprint density at radius 3 is 2.64 bits per heavy atom. The summed E-state index contributed by atoms with van der Waals surface area (Å²) in [5, 5.41) is 2.60. The van der Waals surface area contributed by atoms with E-state index >= 15 is 0 Å². The van der Waals surface area contributed by atoms with E-state index in [0.29, 0.717) is 6.42 Å². The molecule has 1 amide bonds. The molecule has 22 heavy (non-hydrogen) atoms. The molecule has 0 spiro atoms. The van der Waals surface area contributed by atoms with E-state index in [-0.39, 0.29) is 12.0 Å². The summed E-state index contributed by atoms with van der Waals surface area (Å²) >= 11 is 0. The number of benzene rings is 1. The standard InChI is InChI=1S/C17H23NO4/c1-5-15(17(20)21-4)18-16(19)10-9-13-7-6-8-14(11-13)22-12(2)3/h6-12,15H,5H2,1-4H3,(H,18,19)/b10-9+. The Bertz CT molecular complexity index is 537. The number of amides is 1. The van der Waals surface area contributed by atoms with E-state index in [9.17, 15) is 9.59 Å². The van der Waals surface area contributed by atoms with Crippen molar-refractivity contribution in [2.24, 2.45) is 0 Å². The fraction of sp³-hybridized carbons (Fsp3) is 0.412. The third-order valence-corrected chi connectivity index (χ3v) is 2.87. The molecular weight excluding hydrogens is 282 g/mol. The molecule has 1 unspecified atom stereocenters. The molecular formula is C17H23NO4. The quantitative estimate of drug-likeness (QED) is 0.621. The number of carbonyl (C=O) groups excluding carboxylic acids is 2. The van der Waals surface area contributed by atoms with E-state index in [4.69, 9.17) is 4.74 Å². The van der Waals surface area contributed by atoms with Crippen molar-refractivity contribution in [3.05, 3.63) is 35.9 Å². The van der Waals surface area contributed by atoms with Gasteiger partial charge in [-0.15, -0.1) is 0 Å². The van der Waals surface area contributed by atoms with Gasteiger partial charge in [0.25, 0.3) is 0 Å². The zero-order valence-electron chi connectivity index (χ0n) is 13.5. The second-order valence-electron chi connectivity index (χ2n) is 5.07. The van der Waals surface area contributed by atoms with Crippen LogP contribution in [0.15, 0.2) is 30.3 Å². The van der Waals surface area contributed by atoms with Gasteiger partial charge in [-0.2, -0.15) is 0 Å². The van der Waals surface area contributed by atoms with Crippen LogP contribution in [0.2, 0.25) is 0 Å². The topological polar surface area (TPSA) is 64.6 Å². The number of ether oxygens (including phenoxy) is 2. The van der Waals surface area contributed by atoms with Crippen LogP contribution < -0.4 is 10.1 Å². The third-order valence-electron chi connectivity index (χ3n) is 2.87. The van der Waals surface area contributed by atoms with Crippen LogP contribution in [0.1, 0.15) is 32.8 Å². The third kappa shape index (κ3) is 5.99. The lowest BCUT2D eigenvalue weighted by Crippen LogP contribution is -2.40. The maximum atomic E-state index is 11.8. The predicted octanol–water partition coefficient (Wildman–Crippen LogP) is 2.55. The van der Waals surface area contributed by atoms with Crippen LogP contribution in [0.3, 0.4) is 0 Å². The van der Waals surface area contributed by atoms with Crippen LogP contribution in [0.5, 0.6) is 5.75 Å². The first kappa shape index (κ1) is 17.8. The second-order valence-corrected chi connectivity index (χ2v) is 5.07. The molecule has 1 rings (SSSR count). The molecule has 5 nitrogen and oxygen atoms in total. The summed E-state index contributed by atoms with van der Waals surface area (Å²) < 4.78 is 10.2. The molecule has 120 valence electrons. The Morgan fingerprint density at radius 1 is 1.32 bits per heavy atom. The van der Waals surface area contributed by atoms with Gasteiger partial charge in [0, 0.05) is 6.08 Å². The summed E-state index contributed by atoms with van der Waals surface area (Å²) in [5.74, 6) is -0.0393. The molecule has 0 aliphatic carbocycles. The average molecular weight is 305 g/mol. The van der Waals surface area contributed by atoms with Crippen molar-refractivity contribution >= 4 is 18.0 Å². The minimum absolute atomic E-state index is 0.0906. The van der Waals surface area contributed by atoms with Gasteiger partial charge < -0.3 is 14.8 Å². The van der Waals surface area contributed by atoms with Crippen molar-refractivity contribution in [3.63, 3.8) is 0 Å². The molecule has 0 fully saturated rings. The van der Waals surface area contributed by atoms with Gasteiger partial charge >= 0.3 is 5.97 Å². The number of esters is 1. The van der Waals surface area contributed by atoms with Gasteiger partial charge in [-0.05, 0) is 44.0 Å². The Labute approximate surface area is 131 Å². The average Bonchev–Trinajstić information content (AvgIpc) is 2.49. The molecule has 5 heteroatoms. The van der Waals surface area contributed by atoms with Crippen LogP contribution in [-0.2, 0) is 14.3 Å². The Hall–Kier alpha value is -2.30. The molecule has 0 heterocycles. The van der Waals surface area contributed by atoms with Crippen LogP contribution in [0.4, 0.5) is 0 Å². The van der Waals surface area contributed by atoms with Gasteiger partial charge in [0.2, 0.25) is 5.91 Å². The number of hydrogen-bond donors (Lipinski definition) is 1. The van der Waals surface area contributed by atoms with E-state index in [1.807, 2.05) is 38.1 Å². The predicted molar refractivity (Wildman–Crippen MR) is 85.5 cm³/mol. The maximum absolute atomic E-state index is 11.8. The van der Waals surface area contributed by atoms with E-state index in [1.165, 1.54) is 13.2 Å². The summed E-state index contributed by atoms with van der Waals surface area (Å²) in [7, 11) is 1.30. The monoisotopic (exact) mass is 305 g/mol. The first-order valence-electron chi connectivity index (χ1n) is 7.29. The largest absolute Gasteiger partial charge is 0.491 e. The molecule has 0 radical (unpaired) electrons. The van der Waals surface area contributed by atoms with E-state index in [0.717, 1.165) is 11.3 Å². The maximum Gasteiger partial charge on any atom is 0.328 e. The molecule has 1 aromatic carbocycles. The summed E-state index contributed by atoms with van der Waals surface area (Å²) in [5.41, 5.74) is 0.847. The van der Waals surface area contributed by atoms with Crippen LogP contribution >= 0.6 is 0 Å². The van der Waals surface area contributed by atoms with Crippen molar-refractivity contribution in [1.29, 1.82) is 0 Å². The van der Waals surface area contributed by atoms with Crippen LogP contribution in [0.25, 0.3) is 6.08 Å². The molecule has 0 aliphatic heterocycles. The van der Waals surface area contributed by atoms with Gasteiger partial charge in [0.05, 0.1) is 13.2 Å². The first-order chi connectivity index (χ1) is 10.5. The summed E-state index contributed by atoms with van der Waals surface area (Å²) in [4.78, 5) is 23.3. The van der Waals surface area contributed by atoms with Crippen molar-refractivity contribution < 1.29 is 19.1 Å². The van der Waals surface area contributed by atoms with Crippen LogP contribution in [-0.4, -0.2) is 31.1 Å². The Balaban J connectivity index is 2.67. The summed E-state index contributed by atoms with van der Waals surface area (Å²) in [6.45, 7) is 5.71. The summed E-state index contributed by atoms with van der Waals surface area (Å²) in [6, 6.07) is 6.81. The second kappa shape index (κ2) is 8.87. The van der Waals surface area contributed by atoms with Crippen molar-refractivity contribution in [1.82, 2.24) is 5.32 Å². The van der Waals surface area contributed by atoms with E-state index in [1.54, 1.807) is 13.0 Å². The van der Waals surface area contributed by atoms with Gasteiger partial charge in [-0.1, -0.05) is 19.1 Å². The Morgan fingerprint density at radius 2 is 2.05 bits per heavy atom. The van der Waals surface area contributed by atoms with E-state index < -0.39 is 12.0 Å². The molecule has 0 aliphatic rings. The smallest absolute Gasteiger partial charge is 0.328 e. The van der Waals surface area contributed by atoms with E-state index in [2.05, 4.69) is 10.1 Å². The minimum Gasteiger partial charge on any atom is -0.491 e. The fourth-order valence-electron chi connectivity index (χ4n) is 1.83. The highest BCUT2D eigenvalue weighted by Crippen LogP contribution is 2.15. The lowest BCUT2D eigenvalue weighted by atomic mass is 10.2. The highest BCUT2D eigenvalue weighted by molar-refractivity contribution is 5.94. The molecule has 0 saturated carbocycles. The van der Waals surface area contributed by atoms with Crippen molar-refractivity contribution in [3.8, 4) is 5.75 Å². The molecule has 1 N–H and O–H groups in total. The molecule has 0 aromatic heterocycles. The fourth-order valence-corrected chi connectivity index (χ4v) is 1.83. The zero-order valence-corrected chi connectivity index (χ0v) is 13.5. The van der Waals surface area contributed by atoms with Gasteiger partial charge in [-0.3, -0.25) is 4.79 Å².